The first kappa shape index (κ1) is 15.1. The van der Waals surface area contributed by atoms with Crippen LogP contribution in [-0.2, 0) is 21.2 Å². The van der Waals surface area contributed by atoms with E-state index in [9.17, 15) is 13.2 Å². The molecular formula is C12H14N2O4S. The molecule has 0 aliphatic rings. The average Bonchev–Trinajstić information content (AvgIpc) is 2.35. The van der Waals surface area contributed by atoms with Crippen molar-refractivity contribution in [3.8, 4) is 6.07 Å². The van der Waals surface area contributed by atoms with Crippen molar-refractivity contribution in [2.75, 3.05) is 6.54 Å². The maximum Gasteiger partial charge on any atom is 0.307 e. The predicted octanol–water partition coefficient (Wildman–Crippen LogP) is 0.896. The molecule has 0 heterocycles. The molecular weight excluding hydrogens is 268 g/mol. The summed E-state index contributed by atoms with van der Waals surface area (Å²) in [5, 5.41) is 16.9. The number of carbonyl (C=O) groups is 1. The molecule has 0 bridgehead atoms. The van der Waals surface area contributed by atoms with Crippen molar-refractivity contribution < 1.29 is 18.3 Å². The molecule has 1 aromatic rings. The second kappa shape index (κ2) is 6.87. The van der Waals surface area contributed by atoms with Gasteiger partial charge < -0.3 is 5.11 Å². The fraction of sp³-hybridized carbons (Fsp3) is 0.333. The van der Waals surface area contributed by atoms with Crippen LogP contribution in [0.25, 0.3) is 0 Å². The van der Waals surface area contributed by atoms with Crippen LogP contribution in [0.15, 0.2) is 29.2 Å². The summed E-state index contributed by atoms with van der Waals surface area (Å²) in [6.45, 7) is 0.201. The first-order chi connectivity index (χ1) is 8.95. The van der Waals surface area contributed by atoms with Gasteiger partial charge in [-0.2, -0.15) is 5.26 Å². The number of nitriles is 1. The van der Waals surface area contributed by atoms with E-state index in [4.69, 9.17) is 10.4 Å². The lowest BCUT2D eigenvalue weighted by atomic mass is 10.2. The van der Waals surface area contributed by atoms with E-state index >= 15 is 0 Å². The van der Waals surface area contributed by atoms with E-state index in [1.165, 1.54) is 24.3 Å². The molecule has 2 N–H and O–H groups in total. The number of benzene rings is 1. The molecule has 0 aromatic heterocycles. The lowest BCUT2D eigenvalue weighted by molar-refractivity contribution is -0.136. The van der Waals surface area contributed by atoms with Gasteiger partial charge in [-0.25, -0.2) is 13.1 Å². The van der Waals surface area contributed by atoms with Gasteiger partial charge >= 0.3 is 5.97 Å². The SMILES string of the molecule is N#CCCCNS(=O)(=O)c1ccc(CC(=O)O)cc1. The number of nitrogens with zero attached hydrogens (tertiary/aromatic N) is 1. The second-order valence-electron chi connectivity index (χ2n) is 3.87. The van der Waals surface area contributed by atoms with Crippen molar-refractivity contribution in [1.82, 2.24) is 4.72 Å². The maximum atomic E-state index is 11.8. The maximum absolute atomic E-state index is 11.8. The zero-order chi connectivity index (χ0) is 14.3. The summed E-state index contributed by atoms with van der Waals surface area (Å²) in [5.74, 6) is -0.967. The van der Waals surface area contributed by atoms with Crippen molar-refractivity contribution in [1.29, 1.82) is 5.26 Å². The second-order valence-corrected chi connectivity index (χ2v) is 5.64. The van der Waals surface area contributed by atoms with Crippen LogP contribution in [0.3, 0.4) is 0 Å². The molecule has 0 saturated heterocycles. The molecule has 0 spiro atoms. The summed E-state index contributed by atoms with van der Waals surface area (Å²) >= 11 is 0. The van der Waals surface area contributed by atoms with Gasteiger partial charge in [0.05, 0.1) is 17.4 Å². The highest BCUT2D eigenvalue weighted by molar-refractivity contribution is 7.89. The first-order valence-corrected chi connectivity index (χ1v) is 7.11. The lowest BCUT2D eigenvalue weighted by Crippen LogP contribution is -2.24. The number of hydrogen-bond acceptors (Lipinski definition) is 4. The summed E-state index contributed by atoms with van der Waals surface area (Å²) in [5.41, 5.74) is 0.538. The number of unbranched alkanes of at least 4 members (excludes halogenated alkanes) is 1. The molecule has 1 aromatic carbocycles. The summed E-state index contributed by atoms with van der Waals surface area (Å²) in [4.78, 5) is 10.6. The average molecular weight is 282 g/mol. The van der Waals surface area contributed by atoms with Crippen LogP contribution in [0, 0.1) is 11.3 Å². The Bertz CT molecular complexity index is 573. The molecule has 0 aliphatic heterocycles. The van der Waals surface area contributed by atoms with Crippen molar-refractivity contribution in [2.24, 2.45) is 0 Å². The fourth-order valence-electron chi connectivity index (χ4n) is 1.42. The summed E-state index contributed by atoms with van der Waals surface area (Å²) in [6, 6.07) is 7.60. The highest BCUT2D eigenvalue weighted by Gasteiger charge is 2.13. The third-order valence-electron chi connectivity index (χ3n) is 2.35. The van der Waals surface area contributed by atoms with E-state index in [0.29, 0.717) is 18.4 Å². The molecule has 0 radical (unpaired) electrons. The third-order valence-corrected chi connectivity index (χ3v) is 3.82. The van der Waals surface area contributed by atoms with Gasteiger partial charge in [0.15, 0.2) is 0 Å². The van der Waals surface area contributed by atoms with Crippen LogP contribution in [-0.4, -0.2) is 26.0 Å². The number of sulfonamides is 1. The molecule has 0 saturated carbocycles. The fourth-order valence-corrected chi connectivity index (χ4v) is 2.49. The van der Waals surface area contributed by atoms with Crippen molar-refractivity contribution >= 4 is 16.0 Å². The Balaban J connectivity index is 2.68. The van der Waals surface area contributed by atoms with Crippen LogP contribution in [0.5, 0.6) is 0 Å². The Hall–Kier alpha value is -1.91. The van der Waals surface area contributed by atoms with E-state index in [2.05, 4.69) is 4.72 Å². The standard InChI is InChI=1S/C12H14N2O4S/c13-7-1-2-8-14-19(17,18)11-5-3-10(4-6-11)9-12(15)16/h3-6,14H,1-2,8-9H2,(H,15,16). The van der Waals surface area contributed by atoms with Gasteiger partial charge in [-0.05, 0) is 24.1 Å². The van der Waals surface area contributed by atoms with E-state index in [1.807, 2.05) is 6.07 Å². The molecule has 6 nitrogen and oxygen atoms in total. The van der Waals surface area contributed by atoms with Crippen molar-refractivity contribution in [2.45, 2.75) is 24.2 Å². The van der Waals surface area contributed by atoms with Gasteiger partial charge in [0.25, 0.3) is 0 Å². The Morgan fingerprint density at radius 1 is 1.32 bits per heavy atom. The minimum absolute atomic E-state index is 0.0820. The van der Waals surface area contributed by atoms with E-state index in [1.54, 1.807) is 0 Å². The first-order valence-electron chi connectivity index (χ1n) is 5.63. The van der Waals surface area contributed by atoms with Crippen LogP contribution in [0.4, 0.5) is 0 Å². The van der Waals surface area contributed by atoms with Crippen LogP contribution in [0.2, 0.25) is 0 Å². The summed E-state index contributed by atoms with van der Waals surface area (Å²) in [7, 11) is -3.59. The minimum Gasteiger partial charge on any atom is -0.481 e. The highest BCUT2D eigenvalue weighted by atomic mass is 32.2. The molecule has 0 fully saturated rings. The quantitative estimate of drug-likeness (QED) is 0.722. The van der Waals surface area contributed by atoms with Crippen LogP contribution < -0.4 is 4.72 Å². The molecule has 0 unspecified atom stereocenters. The Morgan fingerprint density at radius 3 is 2.47 bits per heavy atom. The minimum atomic E-state index is -3.59. The number of nitrogens with one attached hydrogen (secondary N) is 1. The molecule has 0 amide bonds. The summed E-state index contributed by atoms with van der Waals surface area (Å²) < 4.78 is 26.0. The predicted molar refractivity (Wildman–Crippen MR) is 67.8 cm³/mol. The topological polar surface area (TPSA) is 107 Å². The van der Waals surface area contributed by atoms with Gasteiger partial charge in [0, 0.05) is 13.0 Å². The number of aliphatic carboxylic acids is 1. The van der Waals surface area contributed by atoms with Crippen molar-refractivity contribution in [3.63, 3.8) is 0 Å². The van der Waals surface area contributed by atoms with Gasteiger partial charge in [0.1, 0.15) is 0 Å². The van der Waals surface area contributed by atoms with Gasteiger partial charge in [-0.1, -0.05) is 12.1 Å². The van der Waals surface area contributed by atoms with Gasteiger partial charge in [-0.3, -0.25) is 4.79 Å². The number of carboxylic acids is 1. The highest BCUT2D eigenvalue weighted by Crippen LogP contribution is 2.11. The number of rotatable bonds is 7. The largest absolute Gasteiger partial charge is 0.481 e. The molecule has 1 rings (SSSR count). The third kappa shape index (κ3) is 5.07. The Labute approximate surface area is 111 Å². The van der Waals surface area contributed by atoms with Gasteiger partial charge in [-0.15, -0.1) is 0 Å². The van der Waals surface area contributed by atoms with E-state index in [0.717, 1.165) is 0 Å². The molecule has 0 atom stereocenters. The monoisotopic (exact) mass is 282 g/mol. The number of carboxylic acid groups (broad SMARTS) is 1. The molecule has 102 valence electrons. The summed E-state index contributed by atoms with van der Waals surface area (Å²) in [6.07, 6.45) is 0.600. The van der Waals surface area contributed by atoms with Crippen LogP contribution in [0.1, 0.15) is 18.4 Å². The zero-order valence-corrected chi connectivity index (χ0v) is 11.0. The van der Waals surface area contributed by atoms with Crippen LogP contribution >= 0.6 is 0 Å². The van der Waals surface area contributed by atoms with E-state index in [-0.39, 0.29) is 17.9 Å². The molecule has 19 heavy (non-hydrogen) atoms. The normalized spacial score (nSPS) is 10.9. The van der Waals surface area contributed by atoms with E-state index < -0.39 is 16.0 Å². The Morgan fingerprint density at radius 2 is 1.95 bits per heavy atom. The molecule has 7 heteroatoms. The lowest BCUT2D eigenvalue weighted by Gasteiger charge is -2.06. The van der Waals surface area contributed by atoms with Gasteiger partial charge in [0.2, 0.25) is 10.0 Å². The Kier molecular flexibility index (Phi) is 5.48. The zero-order valence-electron chi connectivity index (χ0n) is 10.2. The number of hydrogen-bond donors (Lipinski definition) is 2. The smallest absolute Gasteiger partial charge is 0.307 e. The molecule has 0 aliphatic carbocycles. The van der Waals surface area contributed by atoms with Crippen molar-refractivity contribution in [3.05, 3.63) is 29.8 Å².